The first-order chi connectivity index (χ1) is 16.0. The molecular formula is C25H23NO6S. The van der Waals surface area contributed by atoms with Crippen LogP contribution in [-0.2, 0) is 23.9 Å². The standard InChI is InChI=1S/C25H23NO6S/c1-16(28)31-14-19-15-33-24-20(12-13-27)23(29)26(24)21(19)25(30)32-22(17-8-4-2-5-9-17)18-10-6-3-7-11-18/h2-12,22,24,27H,13-15H2,1H3/b20-12-/t24-/m1/s1. The molecule has 8 heteroatoms. The molecule has 7 nitrogen and oxygen atoms in total. The molecule has 1 N–H and O–H groups in total. The Morgan fingerprint density at radius 2 is 1.73 bits per heavy atom. The van der Waals surface area contributed by atoms with Gasteiger partial charge in [0.2, 0.25) is 0 Å². The Balaban J connectivity index is 1.69. The van der Waals surface area contributed by atoms with E-state index in [-0.39, 0.29) is 30.2 Å². The van der Waals surface area contributed by atoms with Crippen molar-refractivity contribution in [3.63, 3.8) is 0 Å². The molecule has 1 saturated heterocycles. The second-order valence-electron chi connectivity index (χ2n) is 7.52. The number of nitrogens with zero attached hydrogens (tertiary/aromatic N) is 1. The molecule has 0 radical (unpaired) electrons. The summed E-state index contributed by atoms with van der Waals surface area (Å²) in [4.78, 5) is 39.1. The number of benzene rings is 2. The van der Waals surface area contributed by atoms with Crippen molar-refractivity contribution in [2.24, 2.45) is 0 Å². The first-order valence-electron chi connectivity index (χ1n) is 10.4. The average Bonchev–Trinajstić information content (AvgIpc) is 2.84. The molecule has 1 amide bonds. The molecule has 2 aromatic carbocycles. The Hall–Kier alpha value is -3.36. The van der Waals surface area contributed by atoms with Gasteiger partial charge in [0.05, 0.1) is 6.61 Å². The van der Waals surface area contributed by atoms with Crippen LogP contribution in [0.25, 0.3) is 0 Å². The van der Waals surface area contributed by atoms with E-state index in [9.17, 15) is 19.5 Å². The van der Waals surface area contributed by atoms with E-state index < -0.39 is 18.0 Å². The molecule has 4 rings (SSSR count). The number of hydrogen-bond acceptors (Lipinski definition) is 7. The Morgan fingerprint density at radius 3 is 2.27 bits per heavy atom. The second kappa shape index (κ2) is 10.1. The third-order valence-corrected chi connectivity index (χ3v) is 6.64. The van der Waals surface area contributed by atoms with E-state index in [2.05, 4.69) is 0 Å². The van der Waals surface area contributed by atoms with E-state index in [4.69, 9.17) is 9.47 Å². The molecule has 33 heavy (non-hydrogen) atoms. The summed E-state index contributed by atoms with van der Waals surface area (Å²) < 4.78 is 11.1. The summed E-state index contributed by atoms with van der Waals surface area (Å²) >= 11 is 1.43. The molecule has 0 bridgehead atoms. The van der Waals surface area contributed by atoms with Crippen molar-refractivity contribution in [1.82, 2.24) is 4.90 Å². The minimum Gasteiger partial charge on any atom is -0.461 e. The van der Waals surface area contributed by atoms with Gasteiger partial charge in [0, 0.05) is 23.8 Å². The average molecular weight is 466 g/mol. The fraction of sp³-hybridized carbons (Fsp3) is 0.240. The smallest absolute Gasteiger partial charge is 0.356 e. The fourth-order valence-electron chi connectivity index (χ4n) is 3.80. The highest BCUT2D eigenvalue weighted by atomic mass is 32.2. The zero-order valence-electron chi connectivity index (χ0n) is 18.0. The molecule has 0 aliphatic carbocycles. The summed E-state index contributed by atoms with van der Waals surface area (Å²) in [6.45, 7) is 0.915. The van der Waals surface area contributed by atoms with Gasteiger partial charge in [-0.05, 0) is 17.2 Å². The Bertz CT molecular complexity index is 1070. The van der Waals surface area contributed by atoms with E-state index in [0.29, 0.717) is 16.9 Å². The first kappa shape index (κ1) is 22.8. The number of hydrogen-bond donors (Lipinski definition) is 1. The summed E-state index contributed by atoms with van der Waals surface area (Å²) in [5.41, 5.74) is 2.63. The number of esters is 2. The normalized spacial score (nSPS) is 18.8. The quantitative estimate of drug-likeness (QED) is 0.382. The number of thioether (sulfide) groups is 1. The molecule has 0 spiro atoms. The lowest BCUT2D eigenvalue weighted by Crippen LogP contribution is -2.56. The number of amides is 1. The minimum absolute atomic E-state index is 0.0944. The van der Waals surface area contributed by atoms with E-state index >= 15 is 0 Å². The van der Waals surface area contributed by atoms with Crippen molar-refractivity contribution < 1.29 is 29.0 Å². The lowest BCUT2D eigenvalue weighted by Gasteiger charge is -2.46. The minimum atomic E-state index is -0.681. The van der Waals surface area contributed by atoms with Crippen LogP contribution in [0.4, 0.5) is 0 Å². The molecule has 2 heterocycles. The largest absolute Gasteiger partial charge is 0.461 e. The summed E-state index contributed by atoms with van der Waals surface area (Å²) in [5.74, 6) is -1.14. The molecule has 0 saturated carbocycles. The van der Waals surface area contributed by atoms with Crippen molar-refractivity contribution >= 4 is 29.6 Å². The number of carbonyl (C=O) groups excluding carboxylic acids is 3. The predicted octanol–water partition coefficient (Wildman–Crippen LogP) is 2.97. The van der Waals surface area contributed by atoms with Crippen LogP contribution >= 0.6 is 11.8 Å². The highest BCUT2D eigenvalue weighted by molar-refractivity contribution is 8.00. The van der Waals surface area contributed by atoms with Crippen LogP contribution in [0.1, 0.15) is 24.2 Å². The van der Waals surface area contributed by atoms with Gasteiger partial charge in [-0.15, -0.1) is 11.8 Å². The van der Waals surface area contributed by atoms with Crippen molar-refractivity contribution in [3.05, 3.63) is 94.7 Å². The van der Waals surface area contributed by atoms with Crippen molar-refractivity contribution in [3.8, 4) is 0 Å². The molecule has 2 aliphatic heterocycles. The third kappa shape index (κ3) is 4.72. The zero-order valence-corrected chi connectivity index (χ0v) is 18.8. The van der Waals surface area contributed by atoms with Gasteiger partial charge in [-0.2, -0.15) is 0 Å². The van der Waals surface area contributed by atoms with Crippen molar-refractivity contribution in [2.45, 2.75) is 18.4 Å². The number of ether oxygens (including phenoxy) is 2. The maximum absolute atomic E-state index is 13.5. The summed E-state index contributed by atoms with van der Waals surface area (Å²) in [7, 11) is 0. The van der Waals surface area contributed by atoms with Crippen LogP contribution in [0.3, 0.4) is 0 Å². The number of rotatable bonds is 7. The molecule has 0 aromatic heterocycles. The van der Waals surface area contributed by atoms with Gasteiger partial charge in [0.15, 0.2) is 6.10 Å². The molecule has 2 aliphatic rings. The number of β-lactam (4-membered cyclic amide) rings is 1. The third-order valence-electron chi connectivity index (χ3n) is 5.34. The number of fused-ring (bicyclic) bond motifs is 1. The SMILES string of the molecule is CC(=O)OCC1=C(C(=O)OC(c2ccccc2)c2ccccc2)N2C(=O)/C(=C/CO)[C@H]2SC1. The van der Waals surface area contributed by atoms with E-state index in [1.165, 1.54) is 29.7 Å². The van der Waals surface area contributed by atoms with Gasteiger partial charge >= 0.3 is 11.9 Å². The van der Waals surface area contributed by atoms with E-state index in [1.54, 1.807) is 0 Å². The van der Waals surface area contributed by atoms with Gasteiger partial charge in [-0.25, -0.2) is 4.79 Å². The van der Waals surface area contributed by atoms with E-state index in [1.807, 2.05) is 60.7 Å². The van der Waals surface area contributed by atoms with Crippen LogP contribution in [-0.4, -0.2) is 52.2 Å². The van der Waals surface area contributed by atoms with Crippen molar-refractivity contribution in [2.75, 3.05) is 19.0 Å². The van der Waals surface area contributed by atoms with Gasteiger partial charge in [0.1, 0.15) is 17.7 Å². The fourth-order valence-corrected chi connectivity index (χ4v) is 5.11. The lowest BCUT2D eigenvalue weighted by atomic mass is 10.0. The molecule has 1 fully saturated rings. The Morgan fingerprint density at radius 1 is 1.12 bits per heavy atom. The Kier molecular flexibility index (Phi) is 6.96. The number of aliphatic hydroxyl groups excluding tert-OH is 1. The monoisotopic (exact) mass is 465 g/mol. The maximum Gasteiger partial charge on any atom is 0.356 e. The van der Waals surface area contributed by atoms with Crippen LogP contribution in [0.2, 0.25) is 0 Å². The van der Waals surface area contributed by atoms with Crippen molar-refractivity contribution in [1.29, 1.82) is 0 Å². The van der Waals surface area contributed by atoms with E-state index in [0.717, 1.165) is 11.1 Å². The summed E-state index contributed by atoms with van der Waals surface area (Å²) in [6.07, 6.45) is 0.770. The van der Waals surface area contributed by atoms with Crippen LogP contribution in [0.5, 0.6) is 0 Å². The summed E-state index contributed by atoms with van der Waals surface area (Å²) in [6, 6.07) is 18.7. The second-order valence-corrected chi connectivity index (χ2v) is 8.59. The molecule has 2 aromatic rings. The van der Waals surface area contributed by atoms with Gasteiger partial charge in [0.25, 0.3) is 5.91 Å². The zero-order chi connectivity index (χ0) is 23.4. The molecule has 170 valence electrons. The van der Waals surface area contributed by atoms with Gasteiger partial charge in [-0.3, -0.25) is 14.5 Å². The van der Waals surface area contributed by atoms with Gasteiger partial charge in [-0.1, -0.05) is 60.7 Å². The first-order valence-corrected chi connectivity index (χ1v) is 11.5. The topological polar surface area (TPSA) is 93.1 Å². The van der Waals surface area contributed by atoms with Crippen LogP contribution in [0, 0.1) is 0 Å². The Labute approximate surface area is 195 Å². The predicted molar refractivity (Wildman–Crippen MR) is 123 cm³/mol. The van der Waals surface area contributed by atoms with Gasteiger partial charge < -0.3 is 14.6 Å². The molecule has 1 atom stereocenters. The molecule has 0 unspecified atom stereocenters. The summed E-state index contributed by atoms with van der Waals surface area (Å²) in [5, 5.41) is 8.85. The highest BCUT2D eigenvalue weighted by Crippen LogP contribution is 2.44. The number of carbonyl (C=O) groups is 3. The van der Waals surface area contributed by atoms with Crippen LogP contribution in [0.15, 0.2) is 83.6 Å². The lowest BCUT2D eigenvalue weighted by molar-refractivity contribution is -0.149. The number of aliphatic hydroxyl groups is 1. The highest BCUT2D eigenvalue weighted by Gasteiger charge is 2.50. The molecular weight excluding hydrogens is 442 g/mol. The van der Waals surface area contributed by atoms with Crippen LogP contribution < -0.4 is 0 Å². The maximum atomic E-state index is 13.5.